The number of anilines is 1. The average Bonchev–Trinajstić information content (AvgIpc) is 2.88. The summed E-state index contributed by atoms with van der Waals surface area (Å²) < 4.78 is 13.2. The fraction of sp³-hybridized carbons (Fsp3) is 0.353. The largest absolute Gasteiger partial charge is 0.370 e. The van der Waals surface area contributed by atoms with E-state index in [1.807, 2.05) is 6.07 Å². The lowest BCUT2D eigenvalue weighted by Crippen LogP contribution is -2.17. The van der Waals surface area contributed by atoms with Gasteiger partial charge in [0, 0.05) is 24.6 Å². The van der Waals surface area contributed by atoms with Gasteiger partial charge >= 0.3 is 0 Å². The average molecular weight is 313 g/mol. The van der Waals surface area contributed by atoms with Crippen molar-refractivity contribution in [3.8, 4) is 0 Å². The van der Waals surface area contributed by atoms with E-state index in [1.165, 1.54) is 12.1 Å². The zero-order chi connectivity index (χ0) is 16.4. The van der Waals surface area contributed by atoms with Gasteiger partial charge in [-0.3, -0.25) is 0 Å². The minimum Gasteiger partial charge on any atom is -0.370 e. The maximum absolute atomic E-state index is 13.2. The first-order valence-corrected chi connectivity index (χ1v) is 7.63. The molecule has 3 rings (SSSR count). The first kappa shape index (κ1) is 15.4. The zero-order valence-corrected chi connectivity index (χ0v) is 13.5. The second kappa shape index (κ2) is 5.95. The smallest absolute Gasteiger partial charge is 0.135 e. The molecule has 1 aromatic carbocycles. The van der Waals surface area contributed by atoms with Crippen molar-refractivity contribution in [1.29, 1.82) is 0 Å². The highest BCUT2D eigenvalue weighted by Gasteiger charge is 2.17. The van der Waals surface area contributed by atoms with Crippen LogP contribution in [-0.4, -0.2) is 26.5 Å². The lowest BCUT2D eigenvalue weighted by atomic mass is 9.96. The predicted octanol–water partition coefficient (Wildman–Crippen LogP) is 3.44. The van der Waals surface area contributed by atoms with E-state index in [0.717, 1.165) is 28.5 Å². The Hall–Kier alpha value is -2.50. The number of rotatable bonds is 4. The Morgan fingerprint density at radius 3 is 2.78 bits per heavy atom. The highest BCUT2D eigenvalue weighted by atomic mass is 19.1. The van der Waals surface area contributed by atoms with Gasteiger partial charge in [-0.15, -0.1) is 0 Å². The summed E-state index contributed by atoms with van der Waals surface area (Å²) in [5.41, 5.74) is 1.41. The van der Waals surface area contributed by atoms with Crippen LogP contribution in [0.3, 0.4) is 0 Å². The van der Waals surface area contributed by atoms with Crippen molar-refractivity contribution >= 4 is 16.9 Å². The van der Waals surface area contributed by atoms with Crippen LogP contribution < -0.4 is 5.32 Å². The van der Waals surface area contributed by atoms with Crippen LogP contribution in [0.5, 0.6) is 0 Å². The van der Waals surface area contributed by atoms with Gasteiger partial charge in [0.2, 0.25) is 0 Å². The topological polar surface area (TPSA) is 66.5 Å². The van der Waals surface area contributed by atoms with E-state index in [-0.39, 0.29) is 11.2 Å². The number of benzene rings is 1. The molecule has 0 fully saturated rings. The SMILES string of the molecule is CC(C)(C)c1nccc(NCCc2nc3ccc(F)cc3[nH]2)n1. The van der Waals surface area contributed by atoms with Gasteiger partial charge in [-0.05, 0) is 24.3 Å². The molecule has 3 aromatic rings. The van der Waals surface area contributed by atoms with Crippen LogP contribution >= 0.6 is 0 Å². The summed E-state index contributed by atoms with van der Waals surface area (Å²) in [5.74, 6) is 2.17. The minimum atomic E-state index is -0.262. The molecule has 0 amide bonds. The molecule has 0 atom stereocenters. The van der Waals surface area contributed by atoms with Crippen LogP contribution in [-0.2, 0) is 11.8 Å². The number of nitrogens with one attached hydrogen (secondary N) is 2. The number of halogens is 1. The van der Waals surface area contributed by atoms with Gasteiger partial charge in [-0.25, -0.2) is 19.3 Å². The Morgan fingerprint density at radius 1 is 1.17 bits per heavy atom. The van der Waals surface area contributed by atoms with Crippen LogP contribution in [0.1, 0.15) is 32.4 Å². The van der Waals surface area contributed by atoms with Gasteiger partial charge in [0.25, 0.3) is 0 Å². The van der Waals surface area contributed by atoms with E-state index < -0.39 is 0 Å². The van der Waals surface area contributed by atoms with E-state index in [1.54, 1.807) is 12.3 Å². The van der Waals surface area contributed by atoms with Crippen LogP contribution in [0.4, 0.5) is 10.2 Å². The van der Waals surface area contributed by atoms with Crippen LogP contribution in [0, 0.1) is 5.82 Å². The van der Waals surface area contributed by atoms with Crippen molar-refractivity contribution < 1.29 is 4.39 Å². The third-order valence-corrected chi connectivity index (χ3v) is 3.49. The highest BCUT2D eigenvalue weighted by molar-refractivity contribution is 5.74. The lowest BCUT2D eigenvalue weighted by molar-refractivity contribution is 0.546. The van der Waals surface area contributed by atoms with Gasteiger partial charge in [0.1, 0.15) is 23.3 Å². The Morgan fingerprint density at radius 2 is 2.00 bits per heavy atom. The Balaban J connectivity index is 1.64. The van der Waals surface area contributed by atoms with Crippen LogP contribution in [0.25, 0.3) is 11.0 Å². The number of hydrogen-bond donors (Lipinski definition) is 2. The number of aromatic nitrogens is 4. The third-order valence-electron chi connectivity index (χ3n) is 3.49. The standard InChI is InChI=1S/C17H20FN5/c1-17(2,3)16-20-9-6-14(23-16)19-8-7-15-21-12-5-4-11(18)10-13(12)22-15/h4-6,9-10H,7-8H2,1-3H3,(H,21,22)(H,19,20,23). The summed E-state index contributed by atoms with van der Waals surface area (Å²) >= 11 is 0. The van der Waals surface area contributed by atoms with E-state index in [0.29, 0.717) is 13.0 Å². The summed E-state index contributed by atoms with van der Waals surface area (Å²) in [6.07, 6.45) is 2.46. The van der Waals surface area contributed by atoms with Gasteiger partial charge in [0.15, 0.2) is 0 Å². The van der Waals surface area contributed by atoms with Gasteiger partial charge in [-0.1, -0.05) is 20.8 Å². The molecule has 0 unspecified atom stereocenters. The summed E-state index contributed by atoms with van der Waals surface area (Å²) in [6.45, 7) is 6.93. The van der Waals surface area contributed by atoms with Crippen molar-refractivity contribution in [1.82, 2.24) is 19.9 Å². The molecular formula is C17H20FN5. The summed E-state index contributed by atoms with van der Waals surface area (Å²) in [7, 11) is 0. The van der Waals surface area contributed by atoms with Crippen molar-refractivity contribution in [2.24, 2.45) is 0 Å². The second-order valence-corrected chi connectivity index (χ2v) is 6.54. The van der Waals surface area contributed by atoms with E-state index in [2.05, 4.69) is 46.0 Å². The van der Waals surface area contributed by atoms with E-state index in [9.17, 15) is 4.39 Å². The molecule has 23 heavy (non-hydrogen) atoms. The number of hydrogen-bond acceptors (Lipinski definition) is 4. The van der Waals surface area contributed by atoms with E-state index >= 15 is 0 Å². The van der Waals surface area contributed by atoms with Gasteiger partial charge in [-0.2, -0.15) is 0 Å². The third kappa shape index (κ3) is 3.64. The lowest BCUT2D eigenvalue weighted by Gasteiger charge is -2.17. The molecular weight excluding hydrogens is 293 g/mol. The Bertz CT molecular complexity index is 819. The molecule has 120 valence electrons. The first-order valence-electron chi connectivity index (χ1n) is 7.63. The Labute approximate surface area is 134 Å². The predicted molar refractivity (Wildman–Crippen MR) is 89.0 cm³/mol. The molecule has 0 saturated heterocycles. The monoisotopic (exact) mass is 313 g/mol. The number of fused-ring (bicyclic) bond motifs is 1. The van der Waals surface area contributed by atoms with Crippen molar-refractivity contribution in [2.45, 2.75) is 32.6 Å². The molecule has 0 saturated carbocycles. The zero-order valence-electron chi connectivity index (χ0n) is 13.5. The number of H-pyrrole nitrogens is 1. The molecule has 0 aliphatic carbocycles. The fourth-order valence-electron chi connectivity index (χ4n) is 2.28. The summed E-state index contributed by atoms with van der Waals surface area (Å²) in [5, 5.41) is 3.28. The quantitative estimate of drug-likeness (QED) is 0.774. The van der Waals surface area contributed by atoms with Gasteiger partial charge < -0.3 is 10.3 Å². The second-order valence-electron chi connectivity index (χ2n) is 6.54. The molecule has 0 bridgehead atoms. The normalized spacial score (nSPS) is 11.8. The molecule has 2 aromatic heterocycles. The molecule has 0 aliphatic heterocycles. The van der Waals surface area contributed by atoms with Crippen LogP contribution in [0.15, 0.2) is 30.5 Å². The number of aromatic amines is 1. The minimum absolute atomic E-state index is 0.0828. The molecule has 6 heteroatoms. The molecule has 2 N–H and O–H groups in total. The van der Waals surface area contributed by atoms with Crippen molar-refractivity contribution in [3.05, 3.63) is 47.9 Å². The molecule has 5 nitrogen and oxygen atoms in total. The first-order chi connectivity index (χ1) is 10.9. The van der Waals surface area contributed by atoms with E-state index in [4.69, 9.17) is 0 Å². The maximum atomic E-state index is 13.2. The Kier molecular flexibility index (Phi) is 3.98. The maximum Gasteiger partial charge on any atom is 0.135 e. The molecule has 0 radical (unpaired) electrons. The highest BCUT2D eigenvalue weighted by Crippen LogP contribution is 2.19. The molecule has 0 spiro atoms. The van der Waals surface area contributed by atoms with Crippen molar-refractivity contribution in [3.63, 3.8) is 0 Å². The fourth-order valence-corrected chi connectivity index (χ4v) is 2.28. The van der Waals surface area contributed by atoms with Crippen LogP contribution in [0.2, 0.25) is 0 Å². The number of nitrogens with zero attached hydrogens (tertiary/aromatic N) is 3. The molecule has 0 aliphatic rings. The van der Waals surface area contributed by atoms with Gasteiger partial charge in [0.05, 0.1) is 11.0 Å². The number of imidazole rings is 1. The summed E-state index contributed by atoms with van der Waals surface area (Å²) in [4.78, 5) is 16.4. The summed E-state index contributed by atoms with van der Waals surface area (Å²) in [6, 6.07) is 6.40. The molecule has 2 heterocycles. The van der Waals surface area contributed by atoms with Crippen molar-refractivity contribution in [2.75, 3.05) is 11.9 Å².